The van der Waals surface area contributed by atoms with Gasteiger partial charge in [-0.3, -0.25) is 4.79 Å². The largest absolute Gasteiger partial charge is 0.469 e. The van der Waals surface area contributed by atoms with E-state index in [1.807, 2.05) is 18.4 Å². The third kappa shape index (κ3) is 4.22. The number of furan rings is 1. The van der Waals surface area contributed by atoms with Gasteiger partial charge in [-0.2, -0.15) is 13.2 Å². The van der Waals surface area contributed by atoms with Gasteiger partial charge in [0.05, 0.1) is 28.8 Å². The SMILES string of the molecule is CCn1c(SCC(=O)Nc2ccccc2C(F)(F)F)nnc1-c1ccoc1C. The molecule has 1 N–H and O–H groups in total. The van der Waals surface area contributed by atoms with Crippen molar-refractivity contribution in [1.29, 1.82) is 0 Å². The quantitative estimate of drug-likeness (QED) is 0.601. The van der Waals surface area contributed by atoms with E-state index in [9.17, 15) is 18.0 Å². The van der Waals surface area contributed by atoms with Crippen LogP contribution in [0, 0.1) is 6.92 Å². The topological polar surface area (TPSA) is 73.0 Å². The first-order chi connectivity index (χ1) is 13.3. The molecule has 0 saturated carbocycles. The first kappa shape index (κ1) is 20.0. The van der Waals surface area contributed by atoms with E-state index in [2.05, 4.69) is 15.5 Å². The highest BCUT2D eigenvalue weighted by Crippen LogP contribution is 2.34. The van der Waals surface area contributed by atoms with Gasteiger partial charge < -0.3 is 14.3 Å². The minimum atomic E-state index is -4.54. The average Bonchev–Trinajstić information content (AvgIpc) is 3.24. The van der Waals surface area contributed by atoms with E-state index in [1.165, 1.54) is 18.2 Å². The maximum atomic E-state index is 13.0. The monoisotopic (exact) mass is 410 g/mol. The molecule has 28 heavy (non-hydrogen) atoms. The number of aryl methyl sites for hydroxylation is 1. The Labute approximate surface area is 163 Å². The number of nitrogens with one attached hydrogen (secondary N) is 1. The van der Waals surface area contributed by atoms with Crippen molar-refractivity contribution < 1.29 is 22.4 Å². The second-order valence-corrected chi connectivity index (χ2v) is 6.76. The zero-order chi connectivity index (χ0) is 20.3. The number of aromatic nitrogens is 3. The summed E-state index contributed by atoms with van der Waals surface area (Å²) in [5.41, 5.74) is -0.361. The second-order valence-electron chi connectivity index (χ2n) is 5.82. The van der Waals surface area contributed by atoms with Crippen LogP contribution >= 0.6 is 11.8 Å². The Morgan fingerprint density at radius 1 is 1.25 bits per heavy atom. The molecule has 6 nitrogen and oxygen atoms in total. The molecule has 0 aliphatic heterocycles. The van der Waals surface area contributed by atoms with Crippen molar-refractivity contribution in [2.45, 2.75) is 31.7 Å². The van der Waals surface area contributed by atoms with Gasteiger partial charge in [0.25, 0.3) is 0 Å². The smallest absolute Gasteiger partial charge is 0.418 e. The number of halogens is 3. The number of thioether (sulfide) groups is 1. The molecule has 148 valence electrons. The predicted octanol–water partition coefficient (Wildman–Crippen LogP) is 4.62. The Morgan fingerprint density at radius 2 is 2.00 bits per heavy atom. The number of para-hydroxylation sites is 1. The Morgan fingerprint density at radius 3 is 2.64 bits per heavy atom. The summed E-state index contributed by atoms with van der Waals surface area (Å²) in [6.07, 6.45) is -2.99. The molecule has 0 aliphatic carbocycles. The lowest BCUT2D eigenvalue weighted by molar-refractivity contribution is -0.137. The molecule has 2 aromatic heterocycles. The lowest BCUT2D eigenvalue weighted by Gasteiger charge is -2.13. The van der Waals surface area contributed by atoms with E-state index in [-0.39, 0.29) is 11.4 Å². The lowest BCUT2D eigenvalue weighted by atomic mass is 10.1. The minimum absolute atomic E-state index is 0.102. The highest BCUT2D eigenvalue weighted by atomic mass is 32.2. The van der Waals surface area contributed by atoms with Crippen molar-refractivity contribution >= 4 is 23.4 Å². The molecule has 3 rings (SSSR count). The maximum absolute atomic E-state index is 13.0. The molecule has 0 fully saturated rings. The molecule has 0 bridgehead atoms. The molecular weight excluding hydrogens is 393 g/mol. The summed E-state index contributed by atoms with van der Waals surface area (Å²) >= 11 is 1.10. The number of hydrogen-bond acceptors (Lipinski definition) is 5. The van der Waals surface area contributed by atoms with Crippen molar-refractivity contribution in [3.63, 3.8) is 0 Å². The molecule has 0 radical (unpaired) electrons. The van der Waals surface area contributed by atoms with E-state index in [1.54, 1.807) is 12.3 Å². The van der Waals surface area contributed by atoms with Crippen LogP contribution in [-0.2, 0) is 17.5 Å². The lowest BCUT2D eigenvalue weighted by Crippen LogP contribution is -2.18. The van der Waals surface area contributed by atoms with Gasteiger partial charge in [0.15, 0.2) is 11.0 Å². The summed E-state index contributed by atoms with van der Waals surface area (Å²) in [7, 11) is 0. The van der Waals surface area contributed by atoms with Gasteiger partial charge in [-0.05, 0) is 32.0 Å². The summed E-state index contributed by atoms with van der Waals surface area (Å²) in [5, 5.41) is 11.1. The Bertz CT molecular complexity index is 981. The number of carbonyl (C=O) groups is 1. The molecule has 1 amide bonds. The molecule has 0 unspecified atom stereocenters. The van der Waals surface area contributed by atoms with E-state index in [0.29, 0.717) is 23.3 Å². The number of rotatable bonds is 6. The molecule has 0 atom stereocenters. The fraction of sp³-hybridized carbons (Fsp3) is 0.278. The van der Waals surface area contributed by atoms with E-state index >= 15 is 0 Å². The number of nitrogens with zero attached hydrogens (tertiary/aromatic N) is 3. The van der Waals surface area contributed by atoms with Gasteiger partial charge in [0.1, 0.15) is 5.76 Å². The van der Waals surface area contributed by atoms with Crippen molar-refractivity contribution in [3.8, 4) is 11.4 Å². The fourth-order valence-electron chi connectivity index (χ4n) is 2.65. The van der Waals surface area contributed by atoms with E-state index < -0.39 is 17.6 Å². The van der Waals surface area contributed by atoms with Crippen LogP contribution in [0.2, 0.25) is 0 Å². The summed E-state index contributed by atoms with van der Waals surface area (Å²) in [4.78, 5) is 12.2. The second kappa shape index (κ2) is 8.09. The van der Waals surface area contributed by atoms with Crippen LogP contribution in [-0.4, -0.2) is 26.4 Å². The first-order valence-electron chi connectivity index (χ1n) is 8.37. The van der Waals surface area contributed by atoms with Crippen molar-refractivity contribution in [2.75, 3.05) is 11.1 Å². The molecule has 1 aromatic carbocycles. The summed E-state index contributed by atoms with van der Waals surface area (Å²) in [6, 6.07) is 6.64. The van der Waals surface area contributed by atoms with Gasteiger partial charge in [-0.15, -0.1) is 10.2 Å². The number of alkyl halides is 3. The molecule has 3 aromatic rings. The van der Waals surface area contributed by atoms with Gasteiger partial charge in [-0.1, -0.05) is 23.9 Å². The summed E-state index contributed by atoms with van der Waals surface area (Å²) in [6.45, 7) is 4.28. The van der Waals surface area contributed by atoms with Crippen LogP contribution in [0.5, 0.6) is 0 Å². The predicted molar refractivity (Wildman–Crippen MR) is 98.9 cm³/mol. The normalized spacial score (nSPS) is 11.6. The van der Waals surface area contributed by atoms with Crippen LogP contribution < -0.4 is 5.32 Å². The van der Waals surface area contributed by atoms with Gasteiger partial charge in [-0.25, -0.2) is 0 Å². The van der Waals surface area contributed by atoms with Gasteiger partial charge in [0.2, 0.25) is 5.91 Å². The van der Waals surface area contributed by atoms with Crippen molar-refractivity contribution in [3.05, 3.63) is 47.9 Å². The van der Waals surface area contributed by atoms with Gasteiger partial charge in [0, 0.05) is 6.54 Å². The average molecular weight is 410 g/mol. The number of benzene rings is 1. The molecule has 10 heteroatoms. The van der Waals surface area contributed by atoms with Gasteiger partial charge >= 0.3 is 6.18 Å². The summed E-state index contributed by atoms with van der Waals surface area (Å²) in [5.74, 6) is 0.641. The molecule has 0 aliphatic rings. The molecular formula is C18H17F3N4O2S. The third-order valence-corrected chi connectivity index (χ3v) is 4.94. The standard InChI is InChI=1S/C18H17F3N4O2S/c1-3-25-16(12-8-9-27-11(12)2)23-24-17(25)28-10-15(26)22-14-7-5-4-6-13(14)18(19,20)21/h4-9H,3,10H2,1-2H3,(H,22,26). The summed E-state index contributed by atoms with van der Waals surface area (Å²) < 4.78 is 46.2. The zero-order valence-electron chi connectivity index (χ0n) is 15.1. The van der Waals surface area contributed by atoms with Crippen LogP contribution in [0.25, 0.3) is 11.4 Å². The van der Waals surface area contributed by atoms with Crippen LogP contribution in [0.3, 0.4) is 0 Å². The van der Waals surface area contributed by atoms with Crippen molar-refractivity contribution in [2.24, 2.45) is 0 Å². The Hall–Kier alpha value is -2.75. The van der Waals surface area contributed by atoms with Crippen LogP contribution in [0.15, 0.2) is 46.2 Å². The molecule has 0 spiro atoms. The highest BCUT2D eigenvalue weighted by molar-refractivity contribution is 7.99. The number of carbonyl (C=O) groups excluding carboxylic acids is 1. The first-order valence-corrected chi connectivity index (χ1v) is 9.36. The van der Waals surface area contributed by atoms with Crippen LogP contribution in [0.1, 0.15) is 18.2 Å². The number of amides is 1. The Balaban J connectivity index is 1.71. The molecule has 0 saturated heterocycles. The van der Waals surface area contributed by atoms with Crippen molar-refractivity contribution in [1.82, 2.24) is 14.8 Å². The third-order valence-electron chi connectivity index (χ3n) is 3.97. The van der Waals surface area contributed by atoms with Crippen LogP contribution in [0.4, 0.5) is 18.9 Å². The highest BCUT2D eigenvalue weighted by Gasteiger charge is 2.33. The number of hydrogen-bond donors (Lipinski definition) is 1. The molecule has 2 heterocycles. The number of anilines is 1. The fourth-order valence-corrected chi connectivity index (χ4v) is 3.45. The van der Waals surface area contributed by atoms with E-state index in [4.69, 9.17) is 4.42 Å². The maximum Gasteiger partial charge on any atom is 0.418 e. The van der Waals surface area contributed by atoms with E-state index in [0.717, 1.165) is 23.4 Å². The Kier molecular flexibility index (Phi) is 5.78. The minimum Gasteiger partial charge on any atom is -0.469 e. The zero-order valence-corrected chi connectivity index (χ0v) is 15.9.